The van der Waals surface area contributed by atoms with Crippen LogP contribution in [-0.2, 0) is 6.17 Å². The standard InChI is InChI=1S/C16H8Cl2FN5O.C16H15F2N3Si/c17-9-1-4-14(12(18)5-9)24-15(25)11-6-10(19)2-3-13(11)22-16(24)23-8-20-7-21-23;1-22(12-21-11-19-10-20-21,15-6-2-13(17)3-7-15)16-8-4-14(18)5-9-16/h1-8H;2-11H,12H2,1H3. The molecule has 0 atom stereocenters. The molecule has 0 aliphatic carbocycles. The lowest BCUT2D eigenvalue weighted by Gasteiger charge is -2.28. The molecule has 0 amide bonds. The van der Waals surface area contributed by atoms with E-state index in [9.17, 15) is 18.0 Å². The summed E-state index contributed by atoms with van der Waals surface area (Å²) in [5.74, 6) is -0.889. The van der Waals surface area contributed by atoms with E-state index in [1.54, 1.807) is 23.1 Å². The lowest BCUT2D eigenvalue weighted by molar-refractivity contribution is 0.628. The van der Waals surface area contributed by atoms with E-state index < -0.39 is 19.5 Å². The highest BCUT2D eigenvalue weighted by molar-refractivity contribution is 7.00. The fourth-order valence-corrected chi connectivity index (χ4v) is 8.92. The van der Waals surface area contributed by atoms with Gasteiger partial charge in [0.1, 0.15) is 50.8 Å². The number of fused-ring (bicyclic) bond motifs is 1. The van der Waals surface area contributed by atoms with Crippen molar-refractivity contribution in [3.8, 4) is 11.6 Å². The SMILES string of the molecule is C[Si](Cn1cncn1)(c1ccc(F)cc1)c1ccc(F)cc1.O=c1c2cc(F)ccc2nc(-n2cncn2)n1-c1ccc(Cl)cc1Cl. The molecule has 0 unspecified atom stereocenters. The highest BCUT2D eigenvalue weighted by Crippen LogP contribution is 2.26. The lowest BCUT2D eigenvalue weighted by Crippen LogP contribution is -2.59. The fraction of sp³-hybridized carbons (Fsp3) is 0.0625. The van der Waals surface area contributed by atoms with Crippen molar-refractivity contribution >= 4 is 52.6 Å². The van der Waals surface area contributed by atoms with Crippen molar-refractivity contribution in [2.45, 2.75) is 12.7 Å². The molecular weight excluding hydrogens is 668 g/mol. The zero-order valence-corrected chi connectivity index (χ0v) is 27.0. The van der Waals surface area contributed by atoms with Crippen molar-refractivity contribution in [3.63, 3.8) is 0 Å². The Bertz CT molecular complexity index is 2170. The number of hydrogen-bond donors (Lipinski definition) is 0. The van der Waals surface area contributed by atoms with Gasteiger partial charge in [-0.15, -0.1) is 0 Å². The van der Waals surface area contributed by atoms with Crippen LogP contribution in [0.3, 0.4) is 0 Å². The van der Waals surface area contributed by atoms with E-state index >= 15 is 0 Å². The van der Waals surface area contributed by atoms with E-state index in [-0.39, 0.29) is 28.0 Å². The zero-order valence-electron chi connectivity index (χ0n) is 24.5. The van der Waals surface area contributed by atoms with Crippen molar-refractivity contribution < 1.29 is 13.2 Å². The van der Waals surface area contributed by atoms with Crippen molar-refractivity contribution in [2.75, 3.05) is 0 Å². The monoisotopic (exact) mass is 690 g/mol. The van der Waals surface area contributed by atoms with Crippen LogP contribution < -0.4 is 15.9 Å². The second-order valence-corrected chi connectivity index (χ2v) is 15.6. The molecule has 15 heteroatoms. The minimum atomic E-state index is -2.22. The molecular formula is C32H23Cl2F3N8OSi. The average molecular weight is 692 g/mol. The summed E-state index contributed by atoms with van der Waals surface area (Å²) in [7, 11) is -2.22. The number of aromatic nitrogens is 8. The highest BCUT2D eigenvalue weighted by atomic mass is 35.5. The Morgan fingerprint density at radius 3 is 1.94 bits per heavy atom. The number of benzene rings is 4. The summed E-state index contributed by atoms with van der Waals surface area (Å²) in [6, 6.07) is 21.6. The molecule has 3 aromatic heterocycles. The lowest BCUT2D eigenvalue weighted by atomic mass is 10.2. The van der Waals surface area contributed by atoms with Crippen LogP contribution in [0.25, 0.3) is 22.5 Å². The van der Waals surface area contributed by atoms with E-state index in [4.69, 9.17) is 23.2 Å². The minimum absolute atomic E-state index is 0.120. The van der Waals surface area contributed by atoms with Gasteiger partial charge >= 0.3 is 0 Å². The molecule has 4 aromatic carbocycles. The van der Waals surface area contributed by atoms with Crippen LogP contribution in [0.15, 0.2) is 115 Å². The third-order valence-electron chi connectivity index (χ3n) is 7.49. The predicted molar refractivity (Wildman–Crippen MR) is 176 cm³/mol. The van der Waals surface area contributed by atoms with Gasteiger partial charge in [0.2, 0.25) is 5.95 Å². The summed E-state index contributed by atoms with van der Waals surface area (Å²) in [5, 5.41) is 11.1. The summed E-state index contributed by atoms with van der Waals surface area (Å²) >= 11 is 12.2. The molecule has 47 heavy (non-hydrogen) atoms. The normalized spacial score (nSPS) is 11.4. The van der Waals surface area contributed by atoms with Crippen LogP contribution in [0.2, 0.25) is 16.6 Å². The number of rotatable bonds is 6. The molecule has 0 bridgehead atoms. The van der Waals surface area contributed by atoms with Gasteiger partial charge in [-0.1, -0.05) is 64.4 Å². The molecule has 0 radical (unpaired) electrons. The molecule has 3 heterocycles. The number of hydrogen-bond acceptors (Lipinski definition) is 6. The zero-order chi connectivity index (χ0) is 33.1. The van der Waals surface area contributed by atoms with E-state index in [0.717, 1.165) is 16.4 Å². The summed E-state index contributed by atoms with van der Waals surface area (Å²) < 4.78 is 44.5. The maximum atomic E-state index is 13.6. The quantitative estimate of drug-likeness (QED) is 0.217. The van der Waals surface area contributed by atoms with Gasteiger partial charge in [-0.05, 0) is 60.7 Å². The Balaban J connectivity index is 0.000000166. The molecule has 0 saturated heterocycles. The van der Waals surface area contributed by atoms with Gasteiger partial charge in [0.05, 0.1) is 21.6 Å². The second-order valence-electron chi connectivity index (χ2n) is 10.6. The van der Waals surface area contributed by atoms with E-state index in [2.05, 4.69) is 31.7 Å². The molecule has 9 nitrogen and oxygen atoms in total. The Kier molecular flexibility index (Phi) is 9.03. The predicted octanol–water partition coefficient (Wildman–Crippen LogP) is 5.40. The molecule has 0 saturated carbocycles. The van der Waals surface area contributed by atoms with Crippen LogP contribution >= 0.6 is 23.2 Å². The van der Waals surface area contributed by atoms with Crippen molar-refractivity contribution in [1.29, 1.82) is 0 Å². The second kappa shape index (κ2) is 13.3. The summed E-state index contributed by atoms with van der Waals surface area (Å²) in [6.45, 7) is 2.16. The molecule has 236 valence electrons. The van der Waals surface area contributed by atoms with Gasteiger partial charge in [-0.25, -0.2) is 32.7 Å². The van der Waals surface area contributed by atoms with Gasteiger partial charge in [0, 0.05) is 11.2 Å². The molecule has 0 aliphatic heterocycles. The van der Waals surface area contributed by atoms with Gasteiger partial charge in [-0.2, -0.15) is 14.9 Å². The Morgan fingerprint density at radius 1 is 0.745 bits per heavy atom. The Labute approximate surface area is 276 Å². The maximum Gasteiger partial charge on any atom is 0.267 e. The first-order chi connectivity index (χ1) is 22.6. The fourth-order valence-electron chi connectivity index (χ4n) is 5.11. The van der Waals surface area contributed by atoms with E-state index in [1.807, 2.05) is 24.3 Å². The minimum Gasteiger partial charge on any atom is -0.268 e. The first-order valence-electron chi connectivity index (χ1n) is 14.0. The van der Waals surface area contributed by atoms with Crippen molar-refractivity contribution in [2.24, 2.45) is 0 Å². The van der Waals surface area contributed by atoms with Crippen molar-refractivity contribution in [1.82, 2.24) is 39.1 Å². The van der Waals surface area contributed by atoms with Gasteiger partial charge in [-0.3, -0.25) is 9.48 Å². The summed E-state index contributed by atoms with van der Waals surface area (Å²) in [4.78, 5) is 25.3. The van der Waals surface area contributed by atoms with Crippen LogP contribution in [0.5, 0.6) is 0 Å². The topological polar surface area (TPSA) is 96.3 Å². The Morgan fingerprint density at radius 2 is 1.36 bits per heavy atom. The Hall–Kier alpha value is -5.11. The third kappa shape index (κ3) is 6.72. The third-order valence-corrected chi connectivity index (χ3v) is 12.2. The highest BCUT2D eigenvalue weighted by Gasteiger charge is 2.33. The van der Waals surface area contributed by atoms with Gasteiger partial charge in [0.15, 0.2) is 0 Å². The number of halogens is 5. The average Bonchev–Trinajstić information content (AvgIpc) is 3.78. The largest absolute Gasteiger partial charge is 0.268 e. The van der Waals surface area contributed by atoms with Gasteiger partial charge < -0.3 is 0 Å². The summed E-state index contributed by atoms with van der Waals surface area (Å²) in [5.41, 5.74) is 0.192. The van der Waals surface area contributed by atoms with Crippen LogP contribution in [-0.4, -0.2) is 47.2 Å². The smallest absolute Gasteiger partial charge is 0.267 e. The molecule has 7 aromatic rings. The first kappa shape index (κ1) is 31.9. The summed E-state index contributed by atoms with van der Waals surface area (Å²) in [6.07, 6.45) is 6.53. The number of nitrogens with zero attached hydrogens (tertiary/aromatic N) is 8. The van der Waals surface area contributed by atoms with Gasteiger partial charge in [0.25, 0.3) is 5.56 Å². The first-order valence-corrected chi connectivity index (χ1v) is 17.5. The maximum absolute atomic E-state index is 13.6. The van der Waals surface area contributed by atoms with Crippen LogP contribution in [0, 0.1) is 17.5 Å². The molecule has 0 spiro atoms. The van der Waals surface area contributed by atoms with Crippen molar-refractivity contribution in [3.05, 3.63) is 148 Å². The molecule has 0 N–H and O–H groups in total. The van der Waals surface area contributed by atoms with E-state index in [0.29, 0.717) is 22.4 Å². The molecule has 0 fully saturated rings. The molecule has 7 rings (SSSR count). The molecule has 0 aliphatic rings. The van der Waals surface area contributed by atoms with Crippen LogP contribution in [0.4, 0.5) is 13.2 Å². The van der Waals surface area contributed by atoms with E-state index in [1.165, 1.54) is 70.7 Å². The van der Waals surface area contributed by atoms with Crippen LogP contribution in [0.1, 0.15) is 0 Å².